The van der Waals surface area contributed by atoms with Gasteiger partial charge in [-0.05, 0) is 28.3 Å². The lowest BCUT2D eigenvalue weighted by Gasteiger charge is -2.39. The Hall–Kier alpha value is -3.43. The van der Waals surface area contributed by atoms with Crippen LogP contribution in [0.3, 0.4) is 0 Å². The zero-order valence-electron chi connectivity index (χ0n) is 18.0. The Kier molecular flexibility index (Phi) is 7.54. The summed E-state index contributed by atoms with van der Waals surface area (Å²) in [6, 6.07) is 40.5. The van der Waals surface area contributed by atoms with Crippen molar-refractivity contribution in [3.63, 3.8) is 0 Å². The highest BCUT2D eigenvalue weighted by Gasteiger charge is 2.37. The smallest absolute Gasteiger partial charge is 0.364 e. The van der Waals surface area contributed by atoms with Crippen molar-refractivity contribution in [3.05, 3.63) is 156 Å². The highest BCUT2D eigenvalue weighted by Crippen LogP contribution is 2.39. The predicted octanol–water partition coefficient (Wildman–Crippen LogP) is 6.22. The molecule has 0 saturated heterocycles. The molecule has 5 heteroatoms. The number of rotatable bonds is 9. The lowest BCUT2D eigenvalue weighted by molar-refractivity contribution is 0.372. The third-order valence-electron chi connectivity index (χ3n) is 5.59. The molecule has 2 N–H and O–H groups in total. The molecule has 4 aromatic rings. The summed E-state index contributed by atoms with van der Waals surface area (Å²) in [5, 5.41) is 3.87. The van der Waals surface area contributed by atoms with E-state index in [1.807, 2.05) is 84.9 Å². The first-order valence-corrected chi connectivity index (χ1v) is 12.0. The molecule has 0 aliphatic heterocycles. The second-order valence-corrected chi connectivity index (χ2v) is 8.36. The third-order valence-corrected chi connectivity index (χ3v) is 5.93. The van der Waals surface area contributed by atoms with Gasteiger partial charge in [-0.2, -0.15) is 0 Å². The highest BCUT2D eigenvalue weighted by molar-refractivity contribution is 7.32. The van der Waals surface area contributed by atoms with Gasteiger partial charge in [0.15, 0.2) is 0 Å². The van der Waals surface area contributed by atoms with E-state index in [2.05, 4.69) is 41.7 Å². The van der Waals surface area contributed by atoms with E-state index in [9.17, 15) is 4.57 Å². The molecule has 0 heterocycles. The molecule has 4 rings (SSSR count). The van der Waals surface area contributed by atoms with Crippen LogP contribution in [0.2, 0.25) is 0 Å². The van der Waals surface area contributed by atoms with Crippen molar-refractivity contribution in [3.8, 4) is 0 Å². The molecule has 0 saturated carbocycles. The van der Waals surface area contributed by atoms with Crippen LogP contribution in [-0.2, 0) is 14.6 Å². The Balaban J connectivity index is 1.93. The van der Waals surface area contributed by atoms with Gasteiger partial charge in [0.1, 0.15) is 0 Å². The molecule has 0 aliphatic carbocycles. The SMILES string of the molecule is O=[PH](O)O/C=C/C(NC(c1ccccc1)(c1ccccc1)c1ccccc1)c1ccccc1. The molecule has 4 nitrogen and oxygen atoms in total. The zero-order chi connectivity index (χ0) is 22.9. The summed E-state index contributed by atoms with van der Waals surface area (Å²) in [4.78, 5) is 9.15. The Morgan fingerprint density at radius 1 is 0.697 bits per heavy atom. The van der Waals surface area contributed by atoms with Crippen LogP contribution in [0.4, 0.5) is 0 Å². The van der Waals surface area contributed by atoms with Crippen molar-refractivity contribution in [2.75, 3.05) is 0 Å². The summed E-state index contributed by atoms with van der Waals surface area (Å²) < 4.78 is 16.1. The van der Waals surface area contributed by atoms with E-state index < -0.39 is 13.8 Å². The second-order valence-electron chi connectivity index (χ2n) is 7.59. The molecule has 0 aliphatic rings. The van der Waals surface area contributed by atoms with Gasteiger partial charge in [-0.3, -0.25) is 5.32 Å². The van der Waals surface area contributed by atoms with Gasteiger partial charge in [0.25, 0.3) is 0 Å². The minimum atomic E-state index is -3.07. The van der Waals surface area contributed by atoms with Gasteiger partial charge in [-0.15, -0.1) is 0 Å². The van der Waals surface area contributed by atoms with E-state index in [4.69, 9.17) is 9.42 Å². The normalized spacial score (nSPS) is 13.5. The number of hydrogen-bond acceptors (Lipinski definition) is 3. The van der Waals surface area contributed by atoms with Gasteiger partial charge in [0.2, 0.25) is 0 Å². The average Bonchev–Trinajstić information content (AvgIpc) is 2.88. The van der Waals surface area contributed by atoms with Gasteiger partial charge in [-0.25, -0.2) is 4.57 Å². The fourth-order valence-corrected chi connectivity index (χ4v) is 4.32. The molecule has 0 amide bonds. The fourth-order valence-electron chi connectivity index (χ4n) is 4.13. The van der Waals surface area contributed by atoms with Crippen molar-refractivity contribution in [2.45, 2.75) is 11.6 Å². The highest BCUT2D eigenvalue weighted by atomic mass is 31.1. The number of nitrogens with one attached hydrogen (secondary N) is 1. The van der Waals surface area contributed by atoms with Gasteiger partial charge in [0.05, 0.1) is 17.8 Å². The standard InChI is InChI=1S/C28H26NO3P/c30-33(31)32-22-21-27(23-13-5-1-6-14-23)29-28(24-15-7-2-8-16-24,25-17-9-3-10-18-25)26-19-11-4-12-20-26/h1-22,27,29,33H,(H,30,31)/b22-21+. The molecule has 4 aromatic carbocycles. The first kappa shape index (κ1) is 22.8. The monoisotopic (exact) mass is 455 g/mol. The van der Waals surface area contributed by atoms with Crippen molar-refractivity contribution in [1.29, 1.82) is 0 Å². The van der Waals surface area contributed by atoms with Crippen molar-refractivity contribution in [1.82, 2.24) is 5.32 Å². The summed E-state index contributed by atoms with van der Waals surface area (Å²) in [5.41, 5.74) is 3.54. The van der Waals surface area contributed by atoms with Crippen LogP contribution < -0.4 is 5.32 Å². The molecular formula is C28H26NO3P. The van der Waals surface area contributed by atoms with Crippen LogP contribution in [0.5, 0.6) is 0 Å². The molecule has 0 aromatic heterocycles. The van der Waals surface area contributed by atoms with E-state index in [1.165, 1.54) is 6.26 Å². The maximum atomic E-state index is 11.2. The fraction of sp³-hybridized carbons (Fsp3) is 0.0714. The van der Waals surface area contributed by atoms with E-state index in [-0.39, 0.29) is 6.04 Å². The van der Waals surface area contributed by atoms with Crippen molar-refractivity contribution in [2.24, 2.45) is 0 Å². The largest absolute Gasteiger partial charge is 0.435 e. The Morgan fingerprint density at radius 3 is 1.48 bits per heavy atom. The predicted molar refractivity (Wildman–Crippen MR) is 133 cm³/mol. The molecule has 0 fully saturated rings. The molecule has 0 bridgehead atoms. The van der Waals surface area contributed by atoms with Crippen LogP contribution in [0.1, 0.15) is 28.3 Å². The lowest BCUT2D eigenvalue weighted by atomic mass is 9.76. The maximum absolute atomic E-state index is 11.2. The maximum Gasteiger partial charge on any atom is 0.364 e. The molecule has 33 heavy (non-hydrogen) atoms. The Bertz CT molecular complexity index is 1090. The number of hydrogen-bond donors (Lipinski definition) is 2. The Morgan fingerprint density at radius 2 is 1.09 bits per heavy atom. The molecule has 2 unspecified atom stereocenters. The molecular weight excluding hydrogens is 429 g/mol. The summed E-state index contributed by atoms with van der Waals surface area (Å²) in [6.07, 6.45) is 3.08. The first-order chi connectivity index (χ1) is 16.2. The lowest BCUT2D eigenvalue weighted by Crippen LogP contribution is -2.46. The van der Waals surface area contributed by atoms with E-state index in [0.717, 1.165) is 22.3 Å². The van der Waals surface area contributed by atoms with Crippen LogP contribution >= 0.6 is 8.25 Å². The third kappa shape index (κ3) is 5.32. The molecule has 166 valence electrons. The summed E-state index contributed by atoms with van der Waals surface area (Å²) in [7, 11) is -3.07. The minimum Gasteiger partial charge on any atom is -0.435 e. The molecule has 0 spiro atoms. The Labute approximate surface area is 195 Å². The second kappa shape index (κ2) is 10.9. The molecule has 2 atom stereocenters. The minimum absolute atomic E-state index is 0.312. The quantitative estimate of drug-likeness (QED) is 0.179. The van der Waals surface area contributed by atoms with Crippen LogP contribution in [-0.4, -0.2) is 4.89 Å². The first-order valence-electron chi connectivity index (χ1n) is 10.8. The van der Waals surface area contributed by atoms with Crippen molar-refractivity contribution < 1.29 is 14.0 Å². The van der Waals surface area contributed by atoms with E-state index >= 15 is 0 Å². The van der Waals surface area contributed by atoms with Gasteiger partial charge < -0.3 is 9.42 Å². The van der Waals surface area contributed by atoms with Crippen molar-refractivity contribution >= 4 is 8.25 Å². The van der Waals surface area contributed by atoms with E-state index in [1.54, 1.807) is 6.08 Å². The van der Waals surface area contributed by atoms with Crippen LogP contribution in [0.15, 0.2) is 134 Å². The molecule has 0 radical (unpaired) electrons. The van der Waals surface area contributed by atoms with Gasteiger partial charge in [-0.1, -0.05) is 121 Å². The summed E-state index contributed by atoms with van der Waals surface area (Å²) in [6.45, 7) is 0. The van der Waals surface area contributed by atoms with E-state index in [0.29, 0.717) is 0 Å². The topological polar surface area (TPSA) is 58.6 Å². The van der Waals surface area contributed by atoms with Crippen LogP contribution in [0, 0.1) is 0 Å². The van der Waals surface area contributed by atoms with Gasteiger partial charge in [0, 0.05) is 0 Å². The average molecular weight is 455 g/mol. The van der Waals surface area contributed by atoms with Crippen LogP contribution in [0.25, 0.3) is 0 Å². The zero-order valence-corrected chi connectivity index (χ0v) is 19.0. The summed E-state index contributed by atoms with van der Waals surface area (Å²) >= 11 is 0. The number of benzene rings is 4. The van der Waals surface area contributed by atoms with Gasteiger partial charge >= 0.3 is 8.25 Å². The summed E-state index contributed by atoms with van der Waals surface area (Å²) in [5.74, 6) is 0.